The summed E-state index contributed by atoms with van der Waals surface area (Å²) in [5.74, 6) is 0.709. The summed E-state index contributed by atoms with van der Waals surface area (Å²) in [5, 5.41) is 0.524. The second-order valence-electron chi connectivity index (χ2n) is 8.40. The van der Waals surface area contributed by atoms with Crippen LogP contribution in [-0.2, 0) is 24.9 Å². The van der Waals surface area contributed by atoms with Gasteiger partial charge in [-0.1, -0.05) is 36.7 Å². The topological polar surface area (TPSA) is 79.2 Å². The number of aromatic nitrogens is 2. The van der Waals surface area contributed by atoms with E-state index < -0.39 is 0 Å². The van der Waals surface area contributed by atoms with Gasteiger partial charge in [-0.2, -0.15) is 0 Å². The molecule has 1 aliphatic rings. The molecule has 152 valence electrons. The number of benzene rings is 1. The zero-order valence-corrected chi connectivity index (χ0v) is 19.6. The third kappa shape index (κ3) is 3.98. The fourth-order valence-electron chi connectivity index (χ4n) is 3.53. The summed E-state index contributed by atoms with van der Waals surface area (Å²) in [6, 6.07) is 3.61. The normalized spacial score (nSPS) is 14.9. The van der Waals surface area contributed by atoms with Crippen molar-refractivity contribution in [1.82, 2.24) is 14.9 Å². The Labute approximate surface area is 184 Å². The summed E-state index contributed by atoms with van der Waals surface area (Å²) in [7, 11) is 0. The Bertz CT molecular complexity index is 1220. The molecule has 4 rings (SSSR count). The third-order valence-corrected chi connectivity index (χ3v) is 6.16. The zero-order valence-electron chi connectivity index (χ0n) is 16.4. The Morgan fingerprint density at radius 2 is 2.00 bits per heavy atom. The van der Waals surface area contributed by atoms with Crippen LogP contribution >= 0.6 is 31.9 Å². The molecule has 8 heteroatoms. The predicted octanol–water partition coefficient (Wildman–Crippen LogP) is 4.26. The Morgan fingerprint density at radius 1 is 1.24 bits per heavy atom. The van der Waals surface area contributed by atoms with Crippen molar-refractivity contribution in [2.75, 3.05) is 6.54 Å². The van der Waals surface area contributed by atoms with Crippen molar-refractivity contribution in [3.63, 3.8) is 0 Å². The molecule has 0 bridgehead atoms. The molecule has 1 aliphatic heterocycles. The Morgan fingerprint density at radius 3 is 2.72 bits per heavy atom. The van der Waals surface area contributed by atoms with E-state index in [0.717, 1.165) is 21.2 Å². The van der Waals surface area contributed by atoms with Crippen LogP contribution in [0.15, 0.2) is 41.3 Å². The van der Waals surface area contributed by atoms with Crippen LogP contribution in [-0.4, -0.2) is 21.4 Å². The van der Waals surface area contributed by atoms with Crippen LogP contribution in [0, 0.1) is 0 Å². The first-order valence-corrected chi connectivity index (χ1v) is 11.0. The molecule has 0 unspecified atom stereocenters. The van der Waals surface area contributed by atoms with Gasteiger partial charge in [-0.3, -0.25) is 14.5 Å². The minimum Gasteiger partial charge on any atom is -0.463 e. The van der Waals surface area contributed by atoms with E-state index in [1.54, 1.807) is 6.07 Å². The molecule has 1 N–H and O–H groups in total. The van der Waals surface area contributed by atoms with Crippen molar-refractivity contribution in [3.05, 3.63) is 70.6 Å². The number of fused-ring (bicyclic) bond motifs is 2. The van der Waals surface area contributed by atoms with E-state index in [2.05, 4.69) is 41.7 Å². The smallest absolute Gasteiger partial charge is 0.255 e. The van der Waals surface area contributed by atoms with Gasteiger partial charge in [-0.25, -0.2) is 4.98 Å². The number of nitrogens with zero attached hydrogens (tertiary/aromatic N) is 2. The highest BCUT2D eigenvalue weighted by Gasteiger charge is 2.25. The van der Waals surface area contributed by atoms with Crippen LogP contribution < -0.4 is 11.0 Å². The molecule has 0 aliphatic carbocycles. The largest absolute Gasteiger partial charge is 0.463 e. The van der Waals surface area contributed by atoms with Crippen LogP contribution in [0.4, 0.5) is 0 Å². The molecule has 0 spiro atoms. The van der Waals surface area contributed by atoms with Crippen LogP contribution in [0.25, 0.3) is 11.0 Å². The van der Waals surface area contributed by atoms with Gasteiger partial charge in [0.2, 0.25) is 0 Å². The van der Waals surface area contributed by atoms with E-state index in [9.17, 15) is 9.59 Å². The van der Waals surface area contributed by atoms with E-state index in [-0.39, 0.29) is 16.4 Å². The zero-order chi connectivity index (χ0) is 20.9. The van der Waals surface area contributed by atoms with Crippen LogP contribution in [0.2, 0.25) is 0 Å². The predicted molar refractivity (Wildman–Crippen MR) is 119 cm³/mol. The van der Waals surface area contributed by atoms with Gasteiger partial charge < -0.3 is 9.40 Å². The van der Waals surface area contributed by atoms with E-state index in [1.165, 1.54) is 6.26 Å². The Balaban J connectivity index is 1.64. The second-order valence-corrected chi connectivity index (χ2v) is 10.2. The summed E-state index contributed by atoms with van der Waals surface area (Å²) < 4.78 is 7.26. The molecular formula is C21H21Br2N3O3. The fourth-order valence-corrected chi connectivity index (χ4v) is 4.85. The first-order chi connectivity index (χ1) is 13.6. The van der Waals surface area contributed by atoms with Gasteiger partial charge in [-0.15, -0.1) is 0 Å². The van der Waals surface area contributed by atoms with Gasteiger partial charge in [0, 0.05) is 41.5 Å². The molecule has 0 saturated carbocycles. The maximum absolute atomic E-state index is 13.0. The number of H-pyrrole nitrogens is 1. The first-order valence-electron chi connectivity index (χ1n) is 9.38. The fraction of sp³-hybridized carbons (Fsp3) is 0.381. The van der Waals surface area contributed by atoms with E-state index in [1.807, 2.05) is 26.8 Å². The third-order valence-electron chi connectivity index (χ3n) is 5.12. The maximum atomic E-state index is 13.0. The van der Waals surface area contributed by atoms with Gasteiger partial charge in [-0.05, 0) is 28.1 Å². The number of rotatable bonds is 2. The molecule has 0 radical (unpaired) electrons. The molecule has 1 aromatic carbocycles. The first kappa shape index (κ1) is 20.5. The molecule has 29 heavy (non-hydrogen) atoms. The van der Waals surface area contributed by atoms with Gasteiger partial charge in [0.1, 0.15) is 5.82 Å². The lowest BCUT2D eigenvalue weighted by Crippen LogP contribution is -2.37. The molecule has 3 aromatic rings. The van der Waals surface area contributed by atoms with Crippen LogP contribution in [0.5, 0.6) is 0 Å². The Kier molecular flexibility index (Phi) is 5.29. The van der Waals surface area contributed by atoms with Gasteiger partial charge >= 0.3 is 0 Å². The van der Waals surface area contributed by atoms with Gasteiger partial charge in [0.05, 0.1) is 27.4 Å². The lowest BCUT2D eigenvalue weighted by Gasteiger charge is -2.28. The van der Waals surface area contributed by atoms with Gasteiger partial charge in [0.15, 0.2) is 11.0 Å². The molecule has 0 amide bonds. The minimum absolute atomic E-state index is 0.0610. The SMILES string of the molecule is CC(C)(C)c1nc2c(c(=O)[nH]1)CN(Cc1coc3c(Br)cc(Br)cc3c1=O)CC2. The van der Waals surface area contributed by atoms with Crippen molar-refractivity contribution in [2.24, 2.45) is 0 Å². The molecule has 0 saturated heterocycles. The number of nitrogens with one attached hydrogen (secondary N) is 1. The summed E-state index contributed by atoms with van der Waals surface area (Å²) in [5.41, 5.74) is 2.27. The van der Waals surface area contributed by atoms with Crippen molar-refractivity contribution in [2.45, 2.75) is 45.7 Å². The highest BCUT2D eigenvalue weighted by atomic mass is 79.9. The van der Waals surface area contributed by atoms with Crippen molar-refractivity contribution < 1.29 is 4.42 Å². The number of halogens is 2. The average molecular weight is 523 g/mol. The van der Waals surface area contributed by atoms with Crippen LogP contribution in [0.3, 0.4) is 0 Å². The van der Waals surface area contributed by atoms with Crippen molar-refractivity contribution >= 4 is 42.8 Å². The summed E-state index contributed by atoms with van der Waals surface area (Å²) in [4.78, 5) is 35.3. The van der Waals surface area contributed by atoms with Gasteiger partial charge in [0.25, 0.3) is 5.56 Å². The quantitative estimate of drug-likeness (QED) is 0.544. The lowest BCUT2D eigenvalue weighted by atomic mass is 9.95. The van der Waals surface area contributed by atoms with Crippen molar-refractivity contribution in [3.8, 4) is 0 Å². The average Bonchev–Trinajstić information content (AvgIpc) is 2.64. The highest BCUT2D eigenvalue weighted by Crippen LogP contribution is 2.27. The minimum atomic E-state index is -0.210. The second kappa shape index (κ2) is 7.49. The number of aromatic amines is 1. The molecule has 2 aromatic heterocycles. The Hall–Kier alpha value is -1.77. The van der Waals surface area contributed by atoms with E-state index in [4.69, 9.17) is 9.40 Å². The highest BCUT2D eigenvalue weighted by molar-refractivity contribution is 9.11. The molecule has 0 fully saturated rings. The summed E-state index contributed by atoms with van der Waals surface area (Å²) in [6.45, 7) is 7.70. The summed E-state index contributed by atoms with van der Waals surface area (Å²) >= 11 is 6.85. The molecular weight excluding hydrogens is 502 g/mol. The summed E-state index contributed by atoms with van der Waals surface area (Å²) in [6.07, 6.45) is 2.20. The standard InChI is InChI=1S/C21H21Br2N3O3/c1-21(2,3)20-24-16-4-5-26(9-14(16)19(28)25-20)8-11-10-29-18-13(17(11)27)6-12(22)7-15(18)23/h6-7,10H,4-5,8-9H2,1-3H3,(H,24,25,28). The van der Waals surface area contributed by atoms with E-state index in [0.29, 0.717) is 47.4 Å². The van der Waals surface area contributed by atoms with E-state index >= 15 is 0 Å². The maximum Gasteiger partial charge on any atom is 0.255 e. The number of hydrogen-bond acceptors (Lipinski definition) is 5. The van der Waals surface area contributed by atoms with Crippen molar-refractivity contribution in [1.29, 1.82) is 0 Å². The molecule has 6 nitrogen and oxygen atoms in total. The lowest BCUT2D eigenvalue weighted by molar-refractivity contribution is 0.238. The monoisotopic (exact) mass is 521 g/mol. The van der Waals surface area contributed by atoms with Crippen LogP contribution in [0.1, 0.15) is 43.4 Å². The molecule has 0 atom stereocenters. The number of hydrogen-bond donors (Lipinski definition) is 1. The molecule has 3 heterocycles.